The Morgan fingerprint density at radius 3 is 2.39 bits per heavy atom. The molecular weight excluding hydrogens is 414 g/mol. The van der Waals surface area contributed by atoms with E-state index in [2.05, 4.69) is 78.2 Å². The Balaban J connectivity index is 1.36. The Morgan fingerprint density at radius 1 is 0.909 bits per heavy atom. The van der Waals surface area contributed by atoms with Crippen LogP contribution >= 0.6 is 0 Å². The molecule has 0 bridgehead atoms. The van der Waals surface area contributed by atoms with Gasteiger partial charge in [0.2, 0.25) is 0 Å². The molecular formula is C25H31N7O. The van der Waals surface area contributed by atoms with Crippen molar-refractivity contribution in [2.24, 2.45) is 0 Å². The molecule has 1 N–H and O–H groups in total. The second-order valence-electron chi connectivity index (χ2n) is 8.27. The lowest BCUT2D eigenvalue weighted by Crippen LogP contribution is -2.27. The predicted molar refractivity (Wildman–Crippen MR) is 127 cm³/mol. The molecule has 0 aliphatic rings. The van der Waals surface area contributed by atoms with E-state index in [1.165, 1.54) is 16.7 Å². The van der Waals surface area contributed by atoms with Gasteiger partial charge in [0.05, 0.1) is 20.2 Å². The summed E-state index contributed by atoms with van der Waals surface area (Å²) in [5, 5.41) is 16.7. The van der Waals surface area contributed by atoms with E-state index in [1.54, 1.807) is 13.4 Å². The molecule has 0 saturated carbocycles. The molecule has 0 aliphatic heterocycles. The van der Waals surface area contributed by atoms with Crippen molar-refractivity contribution in [2.45, 2.75) is 45.8 Å². The van der Waals surface area contributed by atoms with E-state index in [1.807, 2.05) is 18.5 Å². The third-order valence-corrected chi connectivity index (χ3v) is 5.76. The van der Waals surface area contributed by atoms with Crippen molar-refractivity contribution in [3.8, 4) is 5.75 Å². The maximum atomic E-state index is 5.24. The van der Waals surface area contributed by atoms with E-state index in [0.717, 1.165) is 49.8 Å². The van der Waals surface area contributed by atoms with Crippen molar-refractivity contribution in [1.29, 1.82) is 0 Å². The van der Waals surface area contributed by atoms with Gasteiger partial charge in [-0.2, -0.15) is 0 Å². The number of nitrogens with one attached hydrogen (secondary N) is 1. The van der Waals surface area contributed by atoms with Crippen molar-refractivity contribution < 1.29 is 4.74 Å². The second kappa shape index (κ2) is 11.4. The minimum atomic E-state index is 0.685. The number of ether oxygens (including phenoxy) is 1. The number of aromatic amines is 1. The Labute approximate surface area is 194 Å². The largest absolute Gasteiger partial charge is 0.497 e. The summed E-state index contributed by atoms with van der Waals surface area (Å²) in [6, 6.07) is 17.0. The van der Waals surface area contributed by atoms with Crippen LogP contribution in [0.3, 0.4) is 0 Å². The SMILES string of the molecule is COc1ccc(CCCn2cnnc2CN(CCc2ccc(C)cc2)Cc2nnc[nH]2)cc1. The van der Waals surface area contributed by atoms with Crippen LogP contribution in [0.15, 0.2) is 61.2 Å². The van der Waals surface area contributed by atoms with Crippen LogP contribution in [0.5, 0.6) is 5.75 Å². The maximum Gasteiger partial charge on any atom is 0.147 e. The van der Waals surface area contributed by atoms with E-state index < -0.39 is 0 Å². The van der Waals surface area contributed by atoms with Gasteiger partial charge in [-0.05, 0) is 49.4 Å². The quantitative estimate of drug-likeness (QED) is 0.359. The fraction of sp³-hybridized carbons (Fsp3) is 0.360. The van der Waals surface area contributed by atoms with E-state index in [0.29, 0.717) is 13.1 Å². The molecule has 8 nitrogen and oxygen atoms in total. The van der Waals surface area contributed by atoms with Crippen LogP contribution < -0.4 is 4.74 Å². The summed E-state index contributed by atoms with van der Waals surface area (Å²) in [5.74, 6) is 2.70. The highest BCUT2D eigenvalue weighted by Crippen LogP contribution is 2.14. The molecule has 0 radical (unpaired) electrons. The number of nitrogens with zero attached hydrogens (tertiary/aromatic N) is 6. The number of rotatable bonds is 12. The molecule has 4 rings (SSSR count). The summed E-state index contributed by atoms with van der Waals surface area (Å²) < 4.78 is 7.40. The first-order valence-corrected chi connectivity index (χ1v) is 11.3. The van der Waals surface area contributed by atoms with E-state index >= 15 is 0 Å². The number of H-pyrrole nitrogens is 1. The molecule has 172 valence electrons. The zero-order valence-electron chi connectivity index (χ0n) is 19.3. The summed E-state index contributed by atoms with van der Waals surface area (Å²) >= 11 is 0. The highest BCUT2D eigenvalue weighted by Gasteiger charge is 2.14. The summed E-state index contributed by atoms with van der Waals surface area (Å²) in [6.07, 6.45) is 6.42. The van der Waals surface area contributed by atoms with Crippen molar-refractivity contribution in [2.75, 3.05) is 13.7 Å². The number of benzene rings is 2. The van der Waals surface area contributed by atoms with Crippen LogP contribution in [0.4, 0.5) is 0 Å². The summed E-state index contributed by atoms with van der Waals surface area (Å²) in [6.45, 7) is 5.27. The zero-order valence-corrected chi connectivity index (χ0v) is 19.3. The lowest BCUT2D eigenvalue weighted by atomic mass is 10.1. The van der Waals surface area contributed by atoms with Crippen molar-refractivity contribution in [3.63, 3.8) is 0 Å². The first kappa shape index (κ1) is 22.7. The Bertz CT molecular complexity index is 1090. The molecule has 0 spiro atoms. The molecule has 0 aliphatic carbocycles. The number of methoxy groups -OCH3 is 1. The number of aromatic nitrogens is 6. The third-order valence-electron chi connectivity index (χ3n) is 5.76. The first-order chi connectivity index (χ1) is 16.2. The Morgan fingerprint density at radius 2 is 1.67 bits per heavy atom. The topological polar surface area (TPSA) is 84.8 Å². The fourth-order valence-corrected chi connectivity index (χ4v) is 3.81. The molecule has 0 unspecified atom stereocenters. The molecule has 0 fully saturated rings. The lowest BCUT2D eigenvalue weighted by molar-refractivity contribution is 0.243. The third kappa shape index (κ3) is 6.73. The summed E-state index contributed by atoms with van der Waals surface area (Å²) in [7, 11) is 1.69. The van der Waals surface area contributed by atoms with Crippen LogP contribution in [0, 0.1) is 6.92 Å². The molecule has 0 saturated heterocycles. The van der Waals surface area contributed by atoms with Crippen molar-refractivity contribution in [3.05, 3.63) is 89.5 Å². The van der Waals surface area contributed by atoms with Crippen LogP contribution in [-0.2, 0) is 32.5 Å². The minimum Gasteiger partial charge on any atom is -0.497 e. The summed E-state index contributed by atoms with van der Waals surface area (Å²) in [4.78, 5) is 5.45. The van der Waals surface area contributed by atoms with E-state index in [-0.39, 0.29) is 0 Å². The predicted octanol–water partition coefficient (Wildman–Crippen LogP) is 3.59. The normalized spacial score (nSPS) is 11.2. The van der Waals surface area contributed by atoms with Gasteiger partial charge >= 0.3 is 0 Å². The highest BCUT2D eigenvalue weighted by atomic mass is 16.5. The molecule has 8 heteroatoms. The zero-order chi connectivity index (χ0) is 22.9. The number of hydrogen-bond donors (Lipinski definition) is 1. The molecule has 2 aromatic carbocycles. The van der Waals surface area contributed by atoms with Gasteiger partial charge in [-0.1, -0.05) is 42.0 Å². The van der Waals surface area contributed by atoms with Gasteiger partial charge in [-0.25, -0.2) is 0 Å². The average molecular weight is 446 g/mol. The second-order valence-corrected chi connectivity index (χ2v) is 8.27. The van der Waals surface area contributed by atoms with Gasteiger partial charge in [-0.15, -0.1) is 20.4 Å². The average Bonchev–Trinajstić information content (AvgIpc) is 3.51. The van der Waals surface area contributed by atoms with E-state index in [4.69, 9.17) is 4.74 Å². The van der Waals surface area contributed by atoms with Crippen LogP contribution in [0.25, 0.3) is 0 Å². The first-order valence-electron chi connectivity index (χ1n) is 11.3. The number of hydrogen-bond acceptors (Lipinski definition) is 6. The maximum absolute atomic E-state index is 5.24. The van der Waals surface area contributed by atoms with Crippen molar-refractivity contribution in [1.82, 2.24) is 34.8 Å². The Hall–Kier alpha value is -3.52. The van der Waals surface area contributed by atoms with Crippen LogP contribution in [-0.4, -0.2) is 48.5 Å². The Kier molecular flexibility index (Phi) is 7.81. The van der Waals surface area contributed by atoms with Crippen LogP contribution in [0.2, 0.25) is 0 Å². The molecule has 0 amide bonds. The fourth-order valence-electron chi connectivity index (χ4n) is 3.81. The lowest BCUT2D eigenvalue weighted by Gasteiger charge is -2.21. The van der Waals surface area contributed by atoms with E-state index in [9.17, 15) is 0 Å². The minimum absolute atomic E-state index is 0.685. The molecule has 0 atom stereocenters. The molecule has 33 heavy (non-hydrogen) atoms. The monoisotopic (exact) mass is 445 g/mol. The highest BCUT2D eigenvalue weighted by molar-refractivity contribution is 5.27. The standard InChI is InChI=1S/C25H31N7O/c1-20-5-7-22(8-6-20)13-15-31(16-24-26-18-27-29-24)17-25-30-28-19-32(25)14-3-4-21-9-11-23(33-2)12-10-21/h5-12,18-19H,3-4,13-17H2,1-2H3,(H,26,27,29). The van der Waals surface area contributed by atoms with Gasteiger partial charge in [0, 0.05) is 13.1 Å². The van der Waals surface area contributed by atoms with Crippen LogP contribution in [0.1, 0.15) is 34.8 Å². The van der Waals surface area contributed by atoms with Gasteiger partial charge < -0.3 is 14.3 Å². The molecule has 2 heterocycles. The molecule has 4 aromatic rings. The smallest absolute Gasteiger partial charge is 0.147 e. The number of aryl methyl sites for hydroxylation is 3. The van der Waals surface area contributed by atoms with Gasteiger partial charge in [0.15, 0.2) is 0 Å². The van der Waals surface area contributed by atoms with Gasteiger partial charge in [0.1, 0.15) is 30.1 Å². The van der Waals surface area contributed by atoms with Gasteiger partial charge in [0.25, 0.3) is 0 Å². The summed E-state index contributed by atoms with van der Waals surface area (Å²) in [5.41, 5.74) is 3.90. The van der Waals surface area contributed by atoms with Gasteiger partial charge in [-0.3, -0.25) is 4.90 Å². The van der Waals surface area contributed by atoms with Crippen molar-refractivity contribution >= 4 is 0 Å². The molecule has 2 aromatic heterocycles.